The second-order valence-electron chi connectivity index (χ2n) is 4.66. The molecule has 1 N–H and O–H groups in total. The van der Waals surface area contributed by atoms with Gasteiger partial charge in [-0.3, -0.25) is 4.79 Å². The van der Waals surface area contributed by atoms with Gasteiger partial charge in [0, 0.05) is 16.7 Å². The van der Waals surface area contributed by atoms with Crippen molar-refractivity contribution in [2.75, 3.05) is 5.32 Å². The summed E-state index contributed by atoms with van der Waals surface area (Å²) in [5, 5.41) is 7.10. The van der Waals surface area contributed by atoms with Gasteiger partial charge in [0.05, 0.1) is 10.7 Å². The lowest BCUT2D eigenvalue weighted by Crippen LogP contribution is -2.12. The Morgan fingerprint density at radius 1 is 1.09 bits per heavy atom. The first-order valence-electron chi connectivity index (χ1n) is 6.52. The number of carbonyl (C=O) groups excluding carboxylic acids is 1. The van der Waals surface area contributed by atoms with Crippen LogP contribution in [0.1, 0.15) is 10.5 Å². The van der Waals surface area contributed by atoms with Gasteiger partial charge in [-0.25, -0.2) is 4.39 Å². The van der Waals surface area contributed by atoms with E-state index in [0.29, 0.717) is 27.1 Å². The highest BCUT2D eigenvalue weighted by Gasteiger charge is 2.15. The lowest BCUT2D eigenvalue weighted by atomic mass is 10.1. The number of nitrogens with zero attached hydrogens (tertiary/aromatic N) is 1. The van der Waals surface area contributed by atoms with Crippen molar-refractivity contribution in [3.63, 3.8) is 0 Å². The molecule has 2 aromatic carbocycles. The number of nitrogens with one attached hydrogen (secondary N) is 1. The number of halogens is 3. The van der Waals surface area contributed by atoms with Gasteiger partial charge in [-0.1, -0.05) is 28.4 Å². The zero-order valence-electron chi connectivity index (χ0n) is 11.5. The van der Waals surface area contributed by atoms with Crippen LogP contribution in [0.5, 0.6) is 0 Å². The lowest BCUT2D eigenvalue weighted by Gasteiger charge is -2.05. The van der Waals surface area contributed by atoms with E-state index >= 15 is 0 Å². The van der Waals surface area contributed by atoms with E-state index in [1.807, 2.05) is 0 Å². The standard InChI is InChI=1S/C16H9Cl2FN2O2/c17-10-3-6-13(12(18)7-10)20-16(22)14-8-15(23-21-14)9-1-4-11(19)5-2-9/h1-8H,(H,20,22). The number of carbonyl (C=O) groups is 1. The first-order valence-corrected chi connectivity index (χ1v) is 7.27. The molecule has 0 spiro atoms. The molecule has 3 rings (SSSR count). The Hall–Kier alpha value is -2.37. The van der Waals surface area contributed by atoms with E-state index in [1.54, 1.807) is 12.1 Å². The van der Waals surface area contributed by atoms with Crippen molar-refractivity contribution >= 4 is 34.8 Å². The highest BCUT2D eigenvalue weighted by molar-refractivity contribution is 6.36. The molecule has 1 heterocycles. The number of amides is 1. The Kier molecular flexibility index (Phi) is 4.32. The molecule has 7 heteroatoms. The minimum Gasteiger partial charge on any atom is -0.355 e. The molecule has 0 aliphatic rings. The summed E-state index contributed by atoms with van der Waals surface area (Å²) in [6, 6.07) is 11.8. The maximum absolute atomic E-state index is 12.9. The van der Waals surface area contributed by atoms with Crippen molar-refractivity contribution in [1.29, 1.82) is 0 Å². The molecule has 0 aliphatic carbocycles. The molecule has 3 aromatic rings. The minimum atomic E-state index is -0.480. The van der Waals surface area contributed by atoms with Gasteiger partial charge in [0.15, 0.2) is 11.5 Å². The summed E-state index contributed by atoms with van der Waals surface area (Å²) in [6.07, 6.45) is 0. The molecule has 0 saturated carbocycles. The predicted octanol–water partition coefficient (Wildman–Crippen LogP) is 5.04. The fourth-order valence-electron chi connectivity index (χ4n) is 1.91. The SMILES string of the molecule is O=C(Nc1ccc(Cl)cc1Cl)c1cc(-c2ccc(F)cc2)on1. The highest BCUT2D eigenvalue weighted by Crippen LogP contribution is 2.26. The van der Waals surface area contributed by atoms with E-state index < -0.39 is 5.91 Å². The number of benzene rings is 2. The van der Waals surface area contributed by atoms with E-state index in [4.69, 9.17) is 27.7 Å². The quantitative estimate of drug-likeness (QED) is 0.719. The highest BCUT2D eigenvalue weighted by atomic mass is 35.5. The third-order valence-electron chi connectivity index (χ3n) is 3.05. The molecule has 1 amide bonds. The van der Waals surface area contributed by atoms with Crippen LogP contribution in [0.4, 0.5) is 10.1 Å². The van der Waals surface area contributed by atoms with Crippen molar-refractivity contribution < 1.29 is 13.7 Å². The van der Waals surface area contributed by atoms with Crippen LogP contribution in [0.25, 0.3) is 11.3 Å². The van der Waals surface area contributed by atoms with Gasteiger partial charge in [0.2, 0.25) is 0 Å². The van der Waals surface area contributed by atoms with Gasteiger partial charge >= 0.3 is 0 Å². The number of hydrogen-bond donors (Lipinski definition) is 1. The fraction of sp³-hybridized carbons (Fsp3) is 0. The number of hydrogen-bond acceptors (Lipinski definition) is 3. The van der Waals surface area contributed by atoms with Crippen LogP contribution in [0.2, 0.25) is 10.0 Å². The molecule has 0 saturated heterocycles. The first kappa shape index (κ1) is 15.5. The van der Waals surface area contributed by atoms with E-state index in [1.165, 1.54) is 36.4 Å². The maximum Gasteiger partial charge on any atom is 0.277 e. The van der Waals surface area contributed by atoms with Crippen LogP contribution >= 0.6 is 23.2 Å². The third-order valence-corrected chi connectivity index (χ3v) is 3.60. The zero-order valence-corrected chi connectivity index (χ0v) is 13.0. The number of rotatable bonds is 3. The molecular formula is C16H9Cl2FN2O2. The summed E-state index contributed by atoms with van der Waals surface area (Å²) in [4.78, 5) is 12.2. The van der Waals surface area contributed by atoms with Crippen molar-refractivity contribution in [3.05, 3.63) is 70.1 Å². The molecular weight excluding hydrogens is 342 g/mol. The Balaban J connectivity index is 1.79. The topological polar surface area (TPSA) is 55.1 Å². The summed E-state index contributed by atoms with van der Waals surface area (Å²) in [6.45, 7) is 0. The van der Waals surface area contributed by atoms with Crippen molar-refractivity contribution in [2.24, 2.45) is 0 Å². The molecule has 0 bridgehead atoms. The molecule has 1 aromatic heterocycles. The Labute approximate surface area is 140 Å². The second kappa shape index (κ2) is 6.40. The Morgan fingerprint density at radius 3 is 2.52 bits per heavy atom. The summed E-state index contributed by atoms with van der Waals surface area (Å²) < 4.78 is 18.0. The maximum atomic E-state index is 12.9. The van der Waals surface area contributed by atoms with Crippen LogP contribution in [0, 0.1) is 5.82 Å². The van der Waals surface area contributed by atoms with Crippen LogP contribution in [0.15, 0.2) is 53.1 Å². The monoisotopic (exact) mass is 350 g/mol. The Morgan fingerprint density at radius 2 is 1.83 bits per heavy atom. The van der Waals surface area contributed by atoms with Crippen LogP contribution in [-0.2, 0) is 0 Å². The Bertz CT molecular complexity index is 863. The summed E-state index contributed by atoms with van der Waals surface area (Å²) >= 11 is 11.8. The normalized spacial score (nSPS) is 10.6. The van der Waals surface area contributed by atoms with Crippen LogP contribution in [0.3, 0.4) is 0 Å². The summed E-state index contributed by atoms with van der Waals surface area (Å²) in [5.41, 5.74) is 1.10. The third kappa shape index (κ3) is 3.52. The van der Waals surface area contributed by atoms with Crippen LogP contribution < -0.4 is 5.32 Å². The van der Waals surface area contributed by atoms with E-state index in [-0.39, 0.29) is 11.5 Å². The van der Waals surface area contributed by atoms with Gasteiger partial charge in [0.25, 0.3) is 5.91 Å². The minimum absolute atomic E-state index is 0.0790. The fourth-order valence-corrected chi connectivity index (χ4v) is 2.37. The molecule has 0 aliphatic heterocycles. The molecule has 0 fully saturated rings. The average Bonchev–Trinajstić information content (AvgIpc) is 3.01. The molecule has 0 radical (unpaired) electrons. The van der Waals surface area contributed by atoms with Gasteiger partial charge in [-0.2, -0.15) is 0 Å². The first-order chi connectivity index (χ1) is 11.0. The summed E-state index contributed by atoms with van der Waals surface area (Å²) in [7, 11) is 0. The van der Waals surface area contributed by atoms with Crippen LogP contribution in [-0.4, -0.2) is 11.1 Å². The van der Waals surface area contributed by atoms with Gasteiger partial charge in [-0.15, -0.1) is 0 Å². The molecule has 0 atom stereocenters. The van der Waals surface area contributed by atoms with Gasteiger partial charge in [0.1, 0.15) is 5.82 Å². The average molecular weight is 351 g/mol. The van der Waals surface area contributed by atoms with E-state index in [9.17, 15) is 9.18 Å². The largest absolute Gasteiger partial charge is 0.355 e. The van der Waals surface area contributed by atoms with Crippen molar-refractivity contribution in [3.8, 4) is 11.3 Å². The number of aromatic nitrogens is 1. The molecule has 0 unspecified atom stereocenters. The number of anilines is 1. The summed E-state index contributed by atoms with van der Waals surface area (Å²) in [5.74, 6) is -0.479. The van der Waals surface area contributed by atoms with E-state index in [0.717, 1.165) is 0 Å². The lowest BCUT2D eigenvalue weighted by molar-refractivity contribution is 0.101. The van der Waals surface area contributed by atoms with Crippen molar-refractivity contribution in [2.45, 2.75) is 0 Å². The molecule has 4 nitrogen and oxygen atoms in total. The zero-order chi connectivity index (χ0) is 16.4. The smallest absolute Gasteiger partial charge is 0.277 e. The van der Waals surface area contributed by atoms with Crippen molar-refractivity contribution in [1.82, 2.24) is 5.16 Å². The second-order valence-corrected chi connectivity index (χ2v) is 5.51. The molecule has 23 heavy (non-hydrogen) atoms. The van der Waals surface area contributed by atoms with E-state index in [2.05, 4.69) is 10.5 Å². The van der Waals surface area contributed by atoms with Gasteiger partial charge in [-0.05, 0) is 42.5 Å². The molecule has 116 valence electrons. The van der Waals surface area contributed by atoms with Gasteiger partial charge < -0.3 is 9.84 Å². The predicted molar refractivity (Wildman–Crippen MR) is 86.3 cm³/mol.